The number of halogens is 4. The Hall–Kier alpha value is -2.45. The third-order valence-corrected chi connectivity index (χ3v) is 5.45. The van der Waals surface area contributed by atoms with E-state index in [1.54, 1.807) is 14.0 Å². The second-order valence-corrected chi connectivity index (χ2v) is 7.48. The van der Waals surface area contributed by atoms with Crippen molar-refractivity contribution < 1.29 is 22.7 Å². The fourth-order valence-corrected chi connectivity index (χ4v) is 3.68. The fraction of sp³-hybridized carbons (Fsp3) is 0.381. The van der Waals surface area contributed by atoms with Gasteiger partial charge in [-0.3, -0.25) is 9.69 Å². The van der Waals surface area contributed by atoms with Gasteiger partial charge in [-0.15, -0.1) is 0 Å². The van der Waals surface area contributed by atoms with E-state index < -0.39 is 23.7 Å². The summed E-state index contributed by atoms with van der Waals surface area (Å²) in [5.74, 6) is 0.285. The molecule has 1 aliphatic rings. The van der Waals surface area contributed by atoms with Crippen molar-refractivity contribution in [2.45, 2.75) is 19.1 Å². The van der Waals surface area contributed by atoms with Crippen molar-refractivity contribution in [3.05, 3.63) is 53.1 Å². The summed E-state index contributed by atoms with van der Waals surface area (Å²) in [4.78, 5) is 16.8. The molecule has 0 radical (unpaired) electrons. The van der Waals surface area contributed by atoms with E-state index >= 15 is 0 Å². The van der Waals surface area contributed by atoms with Gasteiger partial charge in [0.1, 0.15) is 5.75 Å². The normalized spacial score (nSPS) is 16.3. The van der Waals surface area contributed by atoms with Gasteiger partial charge in [-0.1, -0.05) is 23.7 Å². The minimum absolute atomic E-state index is 0.0409. The van der Waals surface area contributed by atoms with Crippen molar-refractivity contribution >= 4 is 28.9 Å². The highest BCUT2D eigenvalue weighted by atomic mass is 35.5. The third kappa shape index (κ3) is 4.99. The van der Waals surface area contributed by atoms with Gasteiger partial charge in [0.25, 0.3) is 0 Å². The Morgan fingerprint density at radius 3 is 2.43 bits per heavy atom. The fourth-order valence-electron chi connectivity index (χ4n) is 3.50. The zero-order chi connectivity index (χ0) is 21.9. The monoisotopic (exact) mass is 441 g/mol. The lowest BCUT2D eigenvalue weighted by molar-refractivity contribution is -0.137. The zero-order valence-electron chi connectivity index (χ0n) is 16.7. The SMILES string of the molecule is COc1ccccc1N1CCN(C(C)C(=O)Nc2ccc(Cl)cc2C(F)(F)F)CC1. The smallest absolute Gasteiger partial charge is 0.418 e. The van der Waals surface area contributed by atoms with Crippen LogP contribution in [0.5, 0.6) is 5.75 Å². The van der Waals surface area contributed by atoms with Crippen LogP contribution in [-0.4, -0.2) is 50.1 Å². The van der Waals surface area contributed by atoms with Gasteiger partial charge < -0.3 is 15.0 Å². The standard InChI is InChI=1S/C21H23ClF3N3O2/c1-14(20(29)26-17-8-7-15(22)13-16(17)21(23,24)25)27-9-11-28(12-10-27)18-5-3-4-6-19(18)30-2/h3-8,13-14H,9-12H2,1-2H3,(H,26,29). The molecule has 1 aliphatic heterocycles. The molecule has 1 unspecified atom stereocenters. The summed E-state index contributed by atoms with van der Waals surface area (Å²) in [6.07, 6.45) is -4.61. The Kier molecular flexibility index (Phi) is 6.77. The van der Waals surface area contributed by atoms with Crippen LogP contribution < -0.4 is 15.0 Å². The van der Waals surface area contributed by atoms with E-state index in [4.69, 9.17) is 16.3 Å². The number of methoxy groups -OCH3 is 1. The van der Waals surface area contributed by atoms with E-state index in [0.717, 1.165) is 17.5 Å². The predicted octanol–water partition coefficient (Wildman–Crippen LogP) is 4.52. The third-order valence-electron chi connectivity index (χ3n) is 5.21. The van der Waals surface area contributed by atoms with E-state index in [2.05, 4.69) is 10.2 Å². The van der Waals surface area contributed by atoms with Crippen LogP contribution in [-0.2, 0) is 11.0 Å². The van der Waals surface area contributed by atoms with Crippen molar-refractivity contribution in [2.75, 3.05) is 43.5 Å². The van der Waals surface area contributed by atoms with Gasteiger partial charge in [0.15, 0.2) is 0 Å². The summed E-state index contributed by atoms with van der Waals surface area (Å²) < 4.78 is 45.2. The summed E-state index contributed by atoms with van der Waals surface area (Å²) >= 11 is 5.69. The van der Waals surface area contributed by atoms with Crippen LogP contribution in [0.1, 0.15) is 12.5 Å². The predicted molar refractivity (Wildman–Crippen MR) is 111 cm³/mol. The number of hydrogen-bond acceptors (Lipinski definition) is 4. The van der Waals surface area contributed by atoms with Gasteiger partial charge in [0.05, 0.1) is 30.1 Å². The first-order valence-electron chi connectivity index (χ1n) is 9.50. The Bertz CT molecular complexity index is 899. The zero-order valence-corrected chi connectivity index (χ0v) is 17.4. The highest BCUT2D eigenvalue weighted by Gasteiger charge is 2.35. The quantitative estimate of drug-likeness (QED) is 0.741. The summed E-state index contributed by atoms with van der Waals surface area (Å²) in [6.45, 7) is 4.23. The Morgan fingerprint density at radius 1 is 1.13 bits per heavy atom. The Morgan fingerprint density at radius 2 is 1.80 bits per heavy atom. The number of nitrogens with one attached hydrogen (secondary N) is 1. The van der Waals surface area contributed by atoms with Gasteiger partial charge >= 0.3 is 6.18 Å². The number of nitrogens with zero attached hydrogens (tertiary/aromatic N) is 2. The van der Waals surface area contributed by atoms with Gasteiger partial charge in [-0.2, -0.15) is 13.2 Å². The molecule has 30 heavy (non-hydrogen) atoms. The Balaban J connectivity index is 1.65. The molecule has 0 aliphatic carbocycles. The van der Waals surface area contributed by atoms with Crippen molar-refractivity contribution in [2.24, 2.45) is 0 Å². The second-order valence-electron chi connectivity index (χ2n) is 7.05. The highest BCUT2D eigenvalue weighted by molar-refractivity contribution is 6.30. The first kappa shape index (κ1) is 22.2. The summed E-state index contributed by atoms with van der Waals surface area (Å²) in [6, 6.07) is 10.4. The molecule has 1 atom stereocenters. The first-order valence-corrected chi connectivity index (χ1v) is 9.88. The molecule has 0 bridgehead atoms. The maximum absolute atomic E-state index is 13.3. The molecule has 2 aromatic rings. The maximum atomic E-state index is 13.3. The van der Waals surface area contributed by atoms with Crippen LogP contribution in [0, 0.1) is 0 Å². The molecule has 2 aromatic carbocycles. The van der Waals surface area contributed by atoms with E-state index in [1.807, 2.05) is 29.2 Å². The summed E-state index contributed by atoms with van der Waals surface area (Å²) in [5, 5.41) is 2.37. The van der Waals surface area contributed by atoms with Crippen LogP contribution in [0.2, 0.25) is 5.02 Å². The van der Waals surface area contributed by atoms with Crippen LogP contribution in [0.15, 0.2) is 42.5 Å². The van der Waals surface area contributed by atoms with Gasteiger partial charge in [0, 0.05) is 31.2 Å². The number of benzene rings is 2. The number of piperazine rings is 1. The molecule has 0 aromatic heterocycles. The molecule has 5 nitrogen and oxygen atoms in total. The molecule has 0 spiro atoms. The molecular weight excluding hydrogens is 419 g/mol. The van der Waals surface area contributed by atoms with Crippen molar-refractivity contribution in [1.82, 2.24) is 4.90 Å². The van der Waals surface area contributed by atoms with Crippen molar-refractivity contribution in [1.29, 1.82) is 0 Å². The van der Waals surface area contributed by atoms with Crippen LogP contribution in [0.3, 0.4) is 0 Å². The van der Waals surface area contributed by atoms with Crippen molar-refractivity contribution in [3.8, 4) is 5.75 Å². The molecule has 162 valence electrons. The van der Waals surface area contributed by atoms with E-state index in [-0.39, 0.29) is 10.7 Å². The average Bonchev–Trinajstić information content (AvgIpc) is 2.73. The number of amides is 1. The number of carbonyl (C=O) groups excluding carboxylic acids is 1. The lowest BCUT2D eigenvalue weighted by Crippen LogP contribution is -2.53. The molecule has 1 N–H and O–H groups in total. The molecule has 0 saturated carbocycles. The van der Waals surface area contributed by atoms with Crippen LogP contribution in [0.25, 0.3) is 0 Å². The number of alkyl halides is 3. The molecule has 3 rings (SSSR count). The largest absolute Gasteiger partial charge is 0.495 e. The number of para-hydroxylation sites is 2. The summed E-state index contributed by atoms with van der Waals surface area (Å²) in [5.41, 5.74) is -0.277. The molecule has 1 heterocycles. The van der Waals surface area contributed by atoms with Gasteiger partial charge in [-0.05, 0) is 37.3 Å². The molecule has 1 saturated heterocycles. The van der Waals surface area contributed by atoms with Gasteiger partial charge in [-0.25, -0.2) is 0 Å². The maximum Gasteiger partial charge on any atom is 0.418 e. The number of anilines is 2. The molecule has 1 amide bonds. The Labute approximate surface area is 178 Å². The average molecular weight is 442 g/mol. The number of hydrogen-bond donors (Lipinski definition) is 1. The highest BCUT2D eigenvalue weighted by Crippen LogP contribution is 2.36. The van der Waals surface area contributed by atoms with Crippen molar-refractivity contribution in [3.63, 3.8) is 0 Å². The number of ether oxygens (including phenoxy) is 1. The van der Waals surface area contributed by atoms with E-state index in [1.165, 1.54) is 12.1 Å². The van der Waals surface area contributed by atoms with Gasteiger partial charge in [0.2, 0.25) is 5.91 Å². The lowest BCUT2D eigenvalue weighted by atomic mass is 10.1. The van der Waals surface area contributed by atoms with Crippen LogP contribution in [0.4, 0.5) is 24.5 Å². The van der Waals surface area contributed by atoms with Crippen LogP contribution >= 0.6 is 11.6 Å². The number of rotatable bonds is 5. The minimum Gasteiger partial charge on any atom is -0.495 e. The molecule has 1 fully saturated rings. The first-order chi connectivity index (χ1) is 14.2. The van der Waals surface area contributed by atoms with E-state index in [9.17, 15) is 18.0 Å². The summed E-state index contributed by atoms with van der Waals surface area (Å²) in [7, 11) is 1.62. The lowest BCUT2D eigenvalue weighted by Gasteiger charge is -2.39. The minimum atomic E-state index is -4.61. The second kappa shape index (κ2) is 9.14. The number of carbonyl (C=O) groups is 1. The molecule has 9 heteroatoms. The topological polar surface area (TPSA) is 44.8 Å². The molecular formula is C21H23ClF3N3O2. The van der Waals surface area contributed by atoms with E-state index in [0.29, 0.717) is 26.2 Å².